The van der Waals surface area contributed by atoms with Crippen molar-refractivity contribution in [2.24, 2.45) is 0 Å². The Bertz CT molecular complexity index is 952. The molecule has 0 saturated carbocycles. The van der Waals surface area contributed by atoms with E-state index < -0.39 is 10.0 Å². The first-order valence-electron chi connectivity index (χ1n) is 9.18. The molecule has 0 radical (unpaired) electrons. The molecule has 2 aromatic carbocycles. The summed E-state index contributed by atoms with van der Waals surface area (Å²) in [6, 6.07) is 13.8. The number of hydrogen-bond donors (Lipinski definition) is 1. The standard InChI is InChI=1S/C20H22N2O4S/c23-20(21-18-10-13-26-19-9-2-1-8-17(18)19)15-6-5-7-16(14-15)27(24,25)22-11-3-4-12-22/h1-2,5-9,14,18H,3-4,10-13H2,(H,21,23)/t18-/m0/s1. The van der Waals surface area contributed by atoms with Gasteiger partial charge in [0, 0.05) is 30.6 Å². The molecular weight excluding hydrogens is 364 g/mol. The average Bonchev–Trinajstić information content (AvgIpc) is 3.24. The molecule has 1 saturated heterocycles. The molecule has 6 nitrogen and oxygen atoms in total. The zero-order chi connectivity index (χ0) is 18.9. The number of amides is 1. The van der Waals surface area contributed by atoms with Crippen LogP contribution in [-0.4, -0.2) is 38.3 Å². The predicted molar refractivity (Wildman–Crippen MR) is 101 cm³/mol. The van der Waals surface area contributed by atoms with E-state index >= 15 is 0 Å². The van der Waals surface area contributed by atoms with Gasteiger partial charge >= 0.3 is 0 Å². The molecule has 1 fully saturated rings. The fourth-order valence-electron chi connectivity index (χ4n) is 3.61. The van der Waals surface area contributed by atoms with E-state index in [1.54, 1.807) is 18.2 Å². The van der Waals surface area contributed by atoms with Crippen LogP contribution in [0.25, 0.3) is 0 Å². The summed E-state index contributed by atoms with van der Waals surface area (Å²) in [4.78, 5) is 12.9. The van der Waals surface area contributed by atoms with Crippen LogP contribution in [0.5, 0.6) is 5.75 Å². The summed E-state index contributed by atoms with van der Waals surface area (Å²) >= 11 is 0. The molecule has 0 bridgehead atoms. The minimum atomic E-state index is -3.54. The summed E-state index contributed by atoms with van der Waals surface area (Å²) in [5.74, 6) is 0.495. The Morgan fingerprint density at radius 3 is 2.67 bits per heavy atom. The van der Waals surface area contributed by atoms with Gasteiger partial charge in [0.15, 0.2) is 0 Å². The summed E-state index contributed by atoms with van der Waals surface area (Å²) in [6.45, 7) is 1.61. The number of sulfonamides is 1. The Hall–Kier alpha value is -2.38. The van der Waals surface area contributed by atoms with E-state index in [2.05, 4.69) is 5.32 Å². The van der Waals surface area contributed by atoms with Crippen molar-refractivity contribution in [3.8, 4) is 5.75 Å². The number of nitrogens with one attached hydrogen (secondary N) is 1. The summed E-state index contributed by atoms with van der Waals surface area (Å²) in [5, 5.41) is 3.01. The molecule has 0 aromatic heterocycles. The Morgan fingerprint density at radius 2 is 1.85 bits per heavy atom. The lowest BCUT2D eigenvalue weighted by molar-refractivity contribution is 0.0924. The van der Waals surface area contributed by atoms with Gasteiger partial charge in [-0.05, 0) is 37.1 Å². The van der Waals surface area contributed by atoms with Gasteiger partial charge < -0.3 is 10.1 Å². The first kappa shape index (κ1) is 18.0. The second-order valence-corrected chi connectivity index (χ2v) is 8.78. The monoisotopic (exact) mass is 386 g/mol. The van der Waals surface area contributed by atoms with Crippen molar-refractivity contribution in [3.05, 3.63) is 59.7 Å². The number of carbonyl (C=O) groups excluding carboxylic acids is 1. The molecule has 2 aliphatic heterocycles. The number of para-hydroxylation sites is 1. The second kappa shape index (κ2) is 7.32. The number of hydrogen-bond acceptors (Lipinski definition) is 4. The SMILES string of the molecule is O=C(N[C@H]1CCOc2ccccc21)c1cccc(S(=O)(=O)N2CCCC2)c1. The van der Waals surface area contributed by atoms with Crippen LogP contribution in [-0.2, 0) is 10.0 Å². The minimum Gasteiger partial charge on any atom is -0.493 e. The van der Waals surface area contributed by atoms with Crippen molar-refractivity contribution >= 4 is 15.9 Å². The average molecular weight is 386 g/mol. The van der Waals surface area contributed by atoms with Crippen molar-refractivity contribution in [1.82, 2.24) is 9.62 Å². The molecule has 4 rings (SSSR count). The fourth-order valence-corrected chi connectivity index (χ4v) is 5.17. The fraction of sp³-hybridized carbons (Fsp3) is 0.350. The first-order valence-corrected chi connectivity index (χ1v) is 10.6. The maximum atomic E-state index is 12.8. The van der Waals surface area contributed by atoms with Gasteiger partial charge in [-0.2, -0.15) is 4.31 Å². The lowest BCUT2D eigenvalue weighted by atomic mass is 10.00. The van der Waals surface area contributed by atoms with Crippen molar-refractivity contribution in [1.29, 1.82) is 0 Å². The summed E-state index contributed by atoms with van der Waals surface area (Å²) in [7, 11) is -3.54. The van der Waals surface area contributed by atoms with Gasteiger partial charge in [-0.1, -0.05) is 24.3 Å². The third-order valence-corrected chi connectivity index (χ3v) is 6.96. The van der Waals surface area contributed by atoms with Crippen LogP contribution >= 0.6 is 0 Å². The lowest BCUT2D eigenvalue weighted by Crippen LogP contribution is -2.32. The van der Waals surface area contributed by atoms with E-state index in [4.69, 9.17) is 4.74 Å². The van der Waals surface area contributed by atoms with Crippen LogP contribution in [0.2, 0.25) is 0 Å². The van der Waals surface area contributed by atoms with Gasteiger partial charge in [0.25, 0.3) is 5.91 Å². The number of fused-ring (bicyclic) bond motifs is 1. The predicted octanol–water partition coefficient (Wildman–Crippen LogP) is 2.72. The number of carbonyl (C=O) groups is 1. The van der Waals surface area contributed by atoms with Gasteiger partial charge in [-0.25, -0.2) is 8.42 Å². The Labute approximate surface area is 159 Å². The highest BCUT2D eigenvalue weighted by atomic mass is 32.2. The maximum absolute atomic E-state index is 12.8. The van der Waals surface area contributed by atoms with Crippen molar-refractivity contribution in [2.75, 3.05) is 19.7 Å². The molecule has 1 N–H and O–H groups in total. The van der Waals surface area contributed by atoms with E-state index in [1.807, 2.05) is 24.3 Å². The molecule has 0 aliphatic carbocycles. The van der Waals surface area contributed by atoms with Crippen LogP contribution in [0.15, 0.2) is 53.4 Å². The molecule has 1 amide bonds. The molecule has 2 aliphatic rings. The van der Waals surface area contributed by atoms with Gasteiger partial charge in [-0.3, -0.25) is 4.79 Å². The third-order valence-electron chi connectivity index (χ3n) is 5.06. The molecule has 0 spiro atoms. The molecule has 0 unspecified atom stereocenters. The van der Waals surface area contributed by atoms with Gasteiger partial charge in [0.05, 0.1) is 17.5 Å². The number of rotatable bonds is 4. The van der Waals surface area contributed by atoms with Crippen molar-refractivity contribution < 1.29 is 17.9 Å². The molecule has 1 atom stereocenters. The molecule has 27 heavy (non-hydrogen) atoms. The minimum absolute atomic E-state index is 0.152. The topological polar surface area (TPSA) is 75.7 Å². The largest absolute Gasteiger partial charge is 0.493 e. The van der Waals surface area contributed by atoms with E-state index in [-0.39, 0.29) is 16.8 Å². The molecule has 142 valence electrons. The summed E-state index contributed by atoms with van der Waals surface area (Å²) < 4.78 is 32.6. The lowest BCUT2D eigenvalue weighted by Gasteiger charge is -2.26. The van der Waals surface area contributed by atoms with Crippen molar-refractivity contribution in [3.63, 3.8) is 0 Å². The quantitative estimate of drug-likeness (QED) is 0.877. The summed E-state index contributed by atoms with van der Waals surface area (Å²) in [5.41, 5.74) is 1.29. The Kier molecular flexibility index (Phi) is 4.88. The third kappa shape index (κ3) is 3.57. The zero-order valence-electron chi connectivity index (χ0n) is 14.9. The van der Waals surface area contributed by atoms with Crippen LogP contribution in [0.1, 0.15) is 41.2 Å². The van der Waals surface area contributed by atoms with Crippen molar-refractivity contribution in [2.45, 2.75) is 30.2 Å². The molecule has 2 heterocycles. The molecule has 7 heteroatoms. The second-order valence-electron chi connectivity index (χ2n) is 6.84. The zero-order valence-corrected chi connectivity index (χ0v) is 15.7. The van der Waals surface area contributed by atoms with E-state index in [1.165, 1.54) is 10.4 Å². The van der Waals surface area contributed by atoms with Gasteiger partial charge in [-0.15, -0.1) is 0 Å². The maximum Gasteiger partial charge on any atom is 0.251 e. The Balaban J connectivity index is 1.55. The van der Waals surface area contributed by atoms with Crippen LogP contribution in [0.3, 0.4) is 0 Å². The van der Waals surface area contributed by atoms with Crippen LogP contribution in [0, 0.1) is 0 Å². The Morgan fingerprint density at radius 1 is 1.07 bits per heavy atom. The van der Waals surface area contributed by atoms with Crippen LogP contribution < -0.4 is 10.1 Å². The number of ether oxygens (including phenoxy) is 1. The van der Waals surface area contributed by atoms with Crippen LogP contribution in [0.4, 0.5) is 0 Å². The summed E-state index contributed by atoms with van der Waals surface area (Å²) in [6.07, 6.45) is 2.43. The molecule has 2 aromatic rings. The van der Waals surface area contributed by atoms with E-state index in [9.17, 15) is 13.2 Å². The smallest absolute Gasteiger partial charge is 0.251 e. The van der Waals surface area contributed by atoms with Gasteiger partial charge in [0.1, 0.15) is 5.75 Å². The van der Waals surface area contributed by atoms with Gasteiger partial charge in [0.2, 0.25) is 10.0 Å². The number of nitrogens with zero attached hydrogens (tertiary/aromatic N) is 1. The van der Waals surface area contributed by atoms with E-state index in [0.717, 1.165) is 24.2 Å². The number of benzene rings is 2. The van der Waals surface area contributed by atoms with E-state index in [0.29, 0.717) is 31.7 Å². The highest BCUT2D eigenvalue weighted by molar-refractivity contribution is 7.89. The molecular formula is C20H22N2O4S. The first-order chi connectivity index (χ1) is 13.1. The highest BCUT2D eigenvalue weighted by Crippen LogP contribution is 2.31. The normalized spacial score (nSPS) is 19.9. The highest BCUT2D eigenvalue weighted by Gasteiger charge is 2.28.